The molecular formula is C32H51NO3. The van der Waals surface area contributed by atoms with Gasteiger partial charge in [0.15, 0.2) is 0 Å². The van der Waals surface area contributed by atoms with Crippen LogP contribution in [0.3, 0.4) is 0 Å². The predicted octanol–water partition coefficient (Wildman–Crippen LogP) is 6.68. The van der Waals surface area contributed by atoms with Gasteiger partial charge < -0.3 is 9.64 Å². The van der Waals surface area contributed by atoms with E-state index in [-0.39, 0.29) is 28.8 Å². The normalized spacial score (nSPS) is 46.8. The number of ether oxygens (including phenoxy) is 1. The molecule has 10 atom stereocenters. The Kier molecular flexibility index (Phi) is 7.24. The number of carbonyl (C=O) groups is 2. The van der Waals surface area contributed by atoms with E-state index in [9.17, 15) is 9.59 Å². The Bertz CT molecular complexity index is 886. The second-order valence-electron chi connectivity index (χ2n) is 14.4. The highest BCUT2D eigenvalue weighted by Crippen LogP contribution is 2.67. The lowest BCUT2D eigenvalue weighted by Gasteiger charge is -2.58. The van der Waals surface area contributed by atoms with E-state index in [2.05, 4.69) is 45.6 Å². The van der Waals surface area contributed by atoms with E-state index in [0.717, 1.165) is 57.2 Å². The zero-order chi connectivity index (χ0) is 25.8. The van der Waals surface area contributed by atoms with E-state index in [1.54, 1.807) is 5.57 Å². The molecule has 4 aliphatic carbocycles. The molecule has 0 radical (unpaired) electrons. The highest BCUT2D eigenvalue weighted by atomic mass is 16.5. The number of hydrogen-bond acceptors (Lipinski definition) is 4. The average Bonchev–Trinajstić information content (AvgIpc) is 3.07. The molecule has 0 amide bonds. The molecule has 1 aliphatic heterocycles. The zero-order valence-corrected chi connectivity index (χ0v) is 23.9. The van der Waals surface area contributed by atoms with Gasteiger partial charge in [0.05, 0.1) is 6.42 Å². The van der Waals surface area contributed by atoms with E-state index in [4.69, 9.17) is 4.74 Å². The summed E-state index contributed by atoms with van der Waals surface area (Å²) in [6, 6.07) is 0. The van der Waals surface area contributed by atoms with Gasteiger partial charge in [-0.3, -0.25) is 9.59 Å². The van der Waals surface area contributed by atoms with Gasteiger partial charge in [0.25, 0.3) is 0 Å². The molecule has 36 heavy (non-hydrogen) atoms. The van der Waals surface area contributed by atoms with Crippen LogP contribution in [0.2, 0.25) is 0 Å². The molecule has 0 aromatic rings. The molecule has 1 heterocycles. The lowest BCUT2D eigenvalue weighted by molar-refractivity contribution is -0.152. The van der Waals surface area contributed by atoms with Gasteiger partial charge >= 0.3 is 5.97 Å². The number of rotatable bonds is 5. The third-order valence-corrected chi connectivity index (χ3v) is 11.7. The Balaban J connectivity index is 1.20. The van der Waals surface area contributed by atoms with Gasteiger partial charge in [-0.25, -0.2) is 0 Å². The Morgan fingerprint density at radius 1 is 1.03 bits per heavy atom. The first-order valence-electron chi connectivity index (χ1n) is 15.1. The standard InChI is InChI=1S/C32H51NO3/c1-20-15-21(2)19-33(18-20)14-11-29(35)36-25-9-12-31(5)24(17-25)7-8-26-27(31)10-13-32(6)28(26)16-22(3)30(32)23(4)34/h7,20-22,25-28,30H,8-19H2,1-6H3/t20-,21-,22-,25+,26+,27-,28-,30+,31+,32+/m1/s1. The molecule has 0 spiro atoms. The van der Waals surface area contributed by atoms with Gasteiger partial charge in [-0.05, 0) is 98.2 Å². The van der Waals surface area contributed by atoms with Crippen LogP contribution in [0.5, 0.6) is 0 Å². The summed E-state index contributed by atoms with van der Waals surface area (Å²) in [5, 5.41) is 0. The maximum absolute atomic E-state index is 12.8. The summed E-state index contributed by atoms with van der Waals surface area (Å²) in [5.41, 5.74) is 1.99. The first-order valence-corrected chi connectivity index (χ1v) is 15.1. The molecule has 4 heteroatoms. The second-order valence-corrected chi connectivity index (χ2v) is 14.4. The van der Waals surface area contributed by atoms with Gasteiger partial charge in [0.1, 0.15) is 11.9 Å². The molecule has 0 unspecified atom stereocenters. The molecule has 0 aromatic carbocycles. The minimum absolute atomic E-state index is 0.00702. The third kappa shape index (κ3) is 4.63. The summed E-state index contributed by atoms with van der Waals surface area (Å²) in [4.78, 5) is 27.8. The summed E-state index contributed by atoms with van der Waals surface area (Å²) in [5.74, 6) is 4.71. The van der Waals surface area contributed by atoms with E-state index < -0.39 is 0 Å². The van der Waals surface area contributed by atoms with Crippen LogP contribution in [0.15, 0.2) is 11.6 Å². The van der Waals surface area contributed by atoms with E-state index in [0.29, 0.717) is 35.9 Å². The number of hydrogen-bond donors (Lipinski definition) is 0. The van der Waals surface area contributed by atoms with Crippen LogP contribution in [0.25, 0.3) is 0 Å². The van der Waals surface area contributed by atoms with Crippen molar-refractivity contribution in [2.45, 2.75) is 105 Å². The summed E-state index contributed by atoms with van der Waals surface area (Å²) in [7, 11) is 0. The maximum atomic E-state index is 12.8. The molecule has 0 N–H and O–H groups in total. The van der Waals surface area contributed by atoms with Crippen LogP contribution in [-0.2, 0) is 14.3 Å². The van der Waals surface area contributed by atoms with Crippen molar-refractivity contribution in [3.8, 4) is 0 Å². The Morgan fingerprint density at radius 3 is 2.44 bits per heavy atom. The van der Waals surface area contributed by atoms with Crippen molar-refractivity contribution >= 4 is 11.8 Å². The molecule has 0 aromatic heterocycles. The summed E-state index contributed by atoms with van der Waals surface area (Å²) in [6.07, 6.45) is 12.3. The maximum Gasteiger partial charge on any atom is 0.307 e. The minimum atomic E-state index is -0.00702. The molecule has 4 nitrogen and oxygen atoms in total. The number of Topliss-reactive ketones (excluding diaryl/α,β-unsaturated/α-hetero) is 1. The number of carbonyl (C=O) groups excluding carboxylic acids is 2. The lowest BCUT2D eigenvalue weighted by atomic mass is 9.47. The smallest absolute Gasteiger partial charge is 0.307 e. The fourth-order valence-corrected chi connectivity index (χ4v) is 10.4. The highest BCUT2D eigenvalue weighted by Gasteiger charge is 2.61. The van der Waals surface area contributed by atoms with Crippen LogP contribution in [0.4, 0.5) is 0 Å². The number of likely N-dealkylation sites (tertiary alicyclic amines) is 1. The number of fused-ring (bicyclic) bond motifs is 5. The molecular weight excluding hydrogens is 446 g/mol. The van der Waals surface area contributed by atoms with Crippen molar-refractivity contribution in [1.82, 2.24) is 4.90 Å². The van der Waals surface area contributed by atoms with Crippen molar-refractivity contribution < 1.29 is 14.3 Å². The van der Waals surface area contributed by atoms with Crippen molar-refractivity contribution in [3.63, 3.8) is 0 Å². The predicted molar refractivity (Wildman–Crippen MR) is 144 cm³/mol. The van der Waals surface area contributed by atoms with Crippen LogP contribution in [-0.4, -0.2) is 42.4 Å². The number of piperidine rings is 1. The minimum Gasteiger partial charge on any atom is -0.462 e. The van der Waals surface area contributed by atoms with Gasteiger partial charge in [-0.1, -0.05) is 46.3 Å². The number of esters is 1. The summed E-state index contributed by atoms with van der Waals surface area (Å²) in [6.45, 7) is 16.8. The third-order valence-electron chi connectivity index (χ3n) is 11.7. The molecule has 5 aliphatic rings. The Morgan fingerprint density at radius 2 is 1.75 bits per heavy atom. The quantitative estimate of drug-likeness (QED) is 0.314. The van der Waals surface area contributed by atoms with Gasteiger partial charge in [-0.15, -0.1) is 0 Å². The van der Waals surface area contributed by atoms with Crippen LogP contribution < -0.4 is 0 Å². The highest BCUT2D eigenvalue weighted by molar-refractivity contribution is 5.80. The number of nitrogens with zero attached hydrogens (tertiary/aromatic N) is 1. The Hall–Kier alpha value is -1.16. The van der Waals surface area contributed by atoms with Gasteiger partial charge in [0.2, 0.25) is 0 Å². The van der Waals surface area contributed by atoms with Crippen molar-refractivity contribution in [2.75, 3.05) is 19.6 Å². The first-order chi connectivity index (χ1) is 17.0. The monoisotopic (exact) mass is 497 g/mol. The second kappa shape index (κ2) is 9.86. The Labute approximate surface area is 220 Å². The number of ketones is 1. The zero-order valence-electron chi connectivity index (χ0n) is 23.9. The average molecular weight is 498 g/mol. The summed E-state index contributed by atoms with van der Waals surface area (Å²) < 4.78 is 6.06. The first kappa shape index (κ1) is 26.4. The van der Waals surface area contributed by atoms with Crippen molar-refractivity contribution in [2.24, 2.45) is 52.3 Å². The van der Waals surface area contributed by atoms with E-state index in [1.807, 2.05) is 6.92 Å². The molecule has 4 fully saturated rings. The molecule has 1 saturated heterocycles. The van der Waals surface area contributed by atoms with Crippen LogP contribution >= 0.6 is 0 Å². The van der Waals surface area contributed by atoms with E-state index >= 15 is 0 Å². The fraction of sp³-hybridized carbons (Fsp3) is 0.875. The number of allylic oxidation sites excluding steroid dienone is 1. The molecule has 5 rings (SSSR count). The largest absolute Gasteiger partial charge is 0.462 e. The van der Waals surface area contributed by atoms with Crippen LogP contribution in [0.1, 0.15) is 99.3 Å². The lowest BCUT2D eigenvalue weighted by Crippen LogP contribution is -2.51. The van der Waals surface area contributed by atoms with Crippen molar-refractivity contribution in [1.29, 1.82) is 0 Å². The van der Waals surface area contributed by atoms with Gasteiger partial charge in [0, 0.05) is 32.0 Å². The molecule has 3 saturated carbocycles. The SMILES string of the molecule is CC(=O)[C@@H]1[C@H](C)C[C@@H]2[C@H]3CC=C4C[C@@H](OC(=O)CCN5C[C@H](C)C[C@@H](C)C5)CC[C@]4(C)[C@@H]3CC[C@@]21C. The summed E-state index contributed by atoms with van der Waals surface area (Å²) >= 11 is 0. The van der Waals surface area contributed by atoms with Crippen molar-refractivity contribution in [3.05, 3.63) is 11.6 Å². The van der Waals surface area contributed by atoms with Crippen LogP contribution in [0, 0.1) is 52.3 Å². The fourth-order valence-electron chi connectivity index (χ4n) is 10.4. The molecule has 0 bridgehead atoms. The topological polar surface area (TPSA) is 46.6 Å². The molecule has 202 valence electrons. The van der Waals surface area contributed by atoms with Gasteiger partial charge in [-0.2, -0.15) is 0 Å². The van der Waals surface area contributed by atoms with E-state index in [1.165, 1.54) is 25.7 Å².